The number of hydrogen-bond acceptors (Lipinski definition) is 3. The summed E-state index contributed by atoms with van der Waals surface area (Å²) < 4.78 is 5.62. The lowest BCUT2D eigenvalue weighted by Crippen LogP contribution is -2.43. The molecule has 1 saturated heterocycles. The first kappa shape index (κ1) is 13.3. The minimum Gasteiger partial charge on any atom is -0.374 e. The van der Waals surface area contributed by atoms with E-state index < -0.39 is 0 Å². The van der Waals surface area contributed by atoms with Crippen LogP contribution >= 0.6 is 0 Å². The number of nitrogens with zero attached hydrogens (tertiary/aromatic N) is 3. The molecular formula is C11H24N4O. The molecule has 0 aromatic heterocycles. The summed E-state index contributed by atoms with van der Waals surface area (Å²) in [7, 11) is 2.10. The van der Waals surface area contributed by atoms with Crippen molar-refractivity contribution in [3.8, 4) is 0 Å². The first-order valence-electron chi connectivity index (χ1n) is 6.02. The molecule has 5 heteroatoms. The van der Waals surface area contributed by atoms with Crippen LogP contribution in [0.25, 0.3) is 0 Å². The van der Waals surface area contributed by atoms with Crippen LogP contribution in [0.1, 0.15) is 13.8 Å². The van der Waals surface area contributed by atoms with Crippen molar-refractivity contribution in [3.05, 3.63) is 0 Å². The molecule has 0 radical (unpaired) electrons. The van der Waals surface area contributed by atoms with Crippen LogP contribution in [0.2, 0.25) is 0 Å². The highest BCUT2D eigenvalue weighted by atomic mass is 16.5. The maximum absolute atomic E-state index is 5.90. The fourth-order valence-corrected chi connectivity index (χ4v) is 1.82. The molecule has 1 aliphatic rings. The third-order valence-corrected chi connectivity index (χ3v) is 2.89. The summed E-state index contributed by atoms with van der Waals surface area (Å²) in [4.78, 5) is 8.70. The van der Waals surface area contributed by atoms with Gasteiger partial charge in [0.15, 0.2) is 5.96 Å². The number of rotatable bonds is 4. The minimum atomic E-state index is 0.188. The van der Waals surface area contributed by atoms with Crippen molar-refractivity contribution < 1.29 is 4.74 Å². The first-order chi connectivity index (χ1) is 7.67. The van der Waals surface area contributed by atoms with E-state index in [-0.39, 0.29) is 6.10 Å². The molecule has 1 rings (SSSR count). The third kappa shape index (κ3) is 3.98. The zero-order valence-electron chi connectivity index (χ0n) is 10.6. The van der Waals surface area contributed by atoms with Crippen LogP contribution < -0.4 is 5.73 Å². The van der Waals surface area contributed by atoms with E-state index in [4.69, 9.17) is 10.5 Å². The van der Waals surface area contributed by atoms with Crippen molar-refractivity contribution in [1.82, 2.24) is 9.80 Å². The fraction of sp³-hybridized carbons (Fsp3) is 0.909. The lowest BCUT2D eigenvalue weighted by atomic mass is 10.3. The van der Waals surface area contributed by atoms with Crippen molar-refractivity contribution in [2.45, 2.75) is 20.0 Å². The number of likely N-dealkylation sites (N-methyl/N-ethyl adjacent to an activating group) is 1. The number of nitrogens with two attached hydrogens (primary N) is 1. The van der Waals surface area contributed by atoms with E-state index in [1.807, 2.05) is 4.90 Å². The van der Waals surface area contributed by atoms with Crippen LogP contribution in [-0.4, -0.2) is 68.2 Å². The van der Waals surface area contributed by atoms with Crippen LogP contribution in [0.15, 0.2) is 4.99 Å². The average Bonchev–Trinajstić information content (AvgIpc) is 2.28. The Morgan fingerprint density at radius 2 is 2.19 bits per heavy atom. The quantitative estimate of drug-likeness (QED) is 0.542. The molecular weight excluding hydrogens is 204 g/mol. The minimum absolute atomic E-state index is 0.188. The van der Waals surface area contributed by atoms with E-state index in [9.17, 15) is 0 Å². The highest BCUT2D eigenvalue weighted by molar-refractivity contribution is 5.78. The molecule has 0 aromatic rings. The number of ether oxygens (including phenoxy) is 1. The Labute approximate surface area is 98.3 Å². The SMILES string of the molecule is CCN(CC)C(N)=NCC1CN(C)CCO1. The predicted octanol–water partition coefficient (Wildman–Crippen LogP) is -0.0265. The Kier molecular flexibility index (Phi) is 5.55. The molecule has 5 nitrogen and oxygen atoms in total. The van der Waals surface area contributed by atoms with Gasteiger partial charge in [0.1, 0.15) is 0 Å². The Balaban J connectivity index is 2.38. The van der Waals surface area contributed by atoms with Crippen molar-refractivity contribution in [1.29, 1.82) is 0 Å². The molecule has 0 amide bonds. The molecule has 0 aliphatic carbocycles. The Hall–Kier alpha value is -0.810. The van der Waals surface area contributed by atoms with E-state index in [2.05, 4.69) is 30.8 Å². The van der Waals surface area contributed by atoms with Gasteiger partial charge in [-0.15, -0.1) is 0 Å². The maximum atomic E-state index is 5.90. The van der Waals surface area contributed by atoms with Crippen molar-refractivity contribution >= 4 is 5.96 Å². The molecule has 0 bridgehead atoms. The summed E-state index contributed by atoms with van der Waals surface area (Å²) in [6, 6.07) is 0. The van der Waals surface area contributed by atoms with Crippen LogP contribution in [0.3, 0.4) is 0 Å². The van der Waals surface area contributed by atoms with Gasteiger partial charge in [-0.3, -0.25) is 4.99 Å². The molecule has 1 atom stereocenters. The molecule has 1 fully saturated rings. The summed E-state index contributed by atoms with van der Waals surface area (Å²) in [6.07, 6.45) is 0.188. The summed E-state index contributed by atoms with van der Waals surface area (Å²) >= 11 is 0. The van der Waals surface area contributed by atoms with Gasteiger partial charge in [0.05, 0.1) is 19.3 Å². The second-order valence-electron chi connectivity index (χ2n) is 4.13. The van der Waals surface area contributed by atoms with Gasteiger partial charge in [-0.2, -0.15) is 0 Å². The van der Waals surface area contributed by atoms with E-state index in [0.29, 0.717) is 12.5 Å². The van der Waals surface area contributed by atoms with Gasteiger partial charge in [0, 0.05) is 26.2 Å². The summed E-state index contributed by atoms with van der Waals surface area (Å²) in [5.41, 5.74) is 5.90. The number of hydrogen-bond donors (Lipinski definition) is 1. The summed E-state index contributed by atoms with van der Waals surface area (Å²) in [5.74, 6) is 0.627. The van der Waals surface area contributed by atoms with Gasteiger partial charge in [0.25, 0.3) is 0 Å². The van der Waals surface area contributed by atoms with Crippen molar-refractivity contribution in [3.63, 3.8) is 0 Å². The summed E-state index contributed by atoms with van der Waals surface area (Å²) in [6.45, 7) is 9.36. The number of morpholine rings is 1. The second-order valence-corrected chi connectivity index (χ2v) is 4.13. The number of aliphatic imine (C=N–C) groups is 1. The normalized spacial score (nSPS) is 23.4. The van der Waals surface area contributed by atoms with E-state index >= 15 is 0 Å². The monoisotopic (exact) mass is 228 g/mol. The van der Waals surface area contributed by atoms with Gasteiger partial charge in [0.2, 0.25) is 0 Å². The van der Waals surface area contributed by atoms with Crippen LogP contribution in [0.4, 0.5) is 0 Å². The van der Waals surface area contributed by atoms with Gasteiger partial charge in [-0.25, -0.2) is 0 Å². The molecule has 1 unspecified atom stereocenters. The van der Waals surface area contributed by atoms with Gasteiger partial charge >= 0.3 is 0 Å². The lowest BCUT2D eigenvalue weighted by Gasteiger charge is -2.29. The van der Waals surface area contributed by atoms with E-state index in [1.54, 1.807) is 0 Å². The molecule has 16 heavy (non-hydrogen) atoms. The third-order valence-electron chi connectivity index (χ3n) is 2.89. The Morgan fingerprint density at radius 1 is 1.50 bits per heavy atom. The van der Waals surface area contributed by atoms with Crippen LogP contribution in [0.5, 0.6) is 0 Å². The fourth-order valence-electron chi connectivity index (χ4n) is 1.82. The van der Waals surface area contributed by atoms with Crippen LogP contribution in [-0.2, 0) is 4.74 Å². The molecule has 0 spiro atoms. The topological polar surface area (TPSA) is 54.1 Å². The second kappa shape index (κ2) is 6.70. The van der Waals surface area contributed by atoms with E-state index in [1.165, 1.54) is 0 Å². The van der Waals surface area contributed by atoms with Crippen molar-refractivity contribution in [2.75, 3.05) is 46.4 Å². The molecule has 1 aliphatic heterocycles. The molecule has 0 aromatic carbocycles. The molecule has 1 heterocycles. The van der Waals surface area contributed by atoms with Crippen LogP contribution in [0, 0.1) is 0 Å². The first-order valence-corrected chi connectivity index (χ1v) is 6.02. The highest BCUT2D eigenvalue weighted by Crippen LogP contribution is 2.03. The summed E-state index contributed by atoms with van der Waals surface area (Å²) in [5, 5.41) is 0. The molecule has 0 saturated carbocycles. The zero-order valence-corrected chi connectivity index (χ0v) is 10.6. The van der Waals surface area contributed by atoms with Gasteiger partial charge in [-0.1, -0.05) is 0 Å². The maximum Gasteiger partial charge on any atom is 0.191 e. The van der Waals surface area contributed by atoms with Gasteiger partial charge in [-0.05, 0) is 20.9 Å². The Morgan fingerprint density at radius 3 is 2.75 bits per heavy atom. The zero-order chi connectivity index (χ0) is 12.0. The molecule has 2 N–H and O–H groups in total. The van der Waals surface area contributed by atoms with Crippen molar-refractivity contribution in [2.24, 2.45) is 10.7 Å². The number of guanidine groups is 1. The standard InChI is InChI=1S/C11H24N4O/c1-4-15(5-2)11(12)13-8-10-9-14(3)6-7-16-10/h10H,4-9H2,1-3H3,(H2,12,13). The largest absolute Gasteiger partial charge is 0.374 e. The van der Waals surface area contributed by atoms with E-state index in [0.717, 1.165) is 32.8 Å². The lowest BCUT2D eigenvalue weighted by molar-refractivity contribution is -0.0137. The highest BCUT2D eigenvalue weighted by Gasteiger charge is 2.17. The molecule has 94 valence electrons. The van der Waals surface area contributed by atoms with Gasteiger partial charge < -0.3 is 20.3 Å². The predicted molar refractivity (Wildman–Crippen MR) is 66.6 cm³/mol. The average molecular weight is 228 g/mol. The smallest absolute Gasteiger partial charge is 0.191 e. The Bertz CT molecular complexity index is 228.